The second kappa shape index (κ2) is 6.53. The zero-order chi connectivity index (χ0) is 14.4. The fourth-order valence-electron chi connectivity index (χ4n) is 1.93. The maximum absolute atomic E-state index is 12.0. The number of ether oxygens (including phenoxy) is 1. The first kappa shape index (κ1) is 13.8. The van der Waals surface area contributed by atoms with Gasteiger partial charge < -0.3 is 4.74 Å². The van der Waals surface area contributed by atoms with Crippen LogP contribution < -0.4 is 4.74 Å². The zero-order valence-electron chi connectivity index (χ0n) is 11.3. The van der Waals surface area contributed by atoms with Gasteiger partial charge in [0, 0.05) is 0 Å². The SMILES string of the molecule is CCCc1ccc(OC(=O)c2ccccc2)c(C#N)c1. The summed E-state index contributed by atoms with van der Waals surface area (Å²) in [6.07, 6.45) is 1.91. The Morgan fingerprint density at radius 3 is 2.60 bits per heavy atom. The third kappa shape index (κ3) is 3.24. The van der Waals surface area contributed by atoms with E-state index in [4.69, 9.17) is 10.00 Å². The molecule has 0 saturated carbocycles. The fraction of sp³-hybridized carbons (Fsp3) is 0.176. The third-order valence-corrected chi connectivity index (χ3v) is 2.92. The van der Waals surface area contributed by atoms with Crippen molar-refractivity contribution in [2.24, 2.45) is 0 Å². The summed E-state index contributed by atoms with van der Waals surface area (Å²) >= 11 is 0. The minimum absolute atomic E-state index is 0.307. The molecule has 0 saturated heterocycles. The van der Waals surface area contributed by atoms with Crippen molar-refractivity contribution < 1.29 is 9.53 Å². The molecule has 2 aromatic carbocycles. The van der Waals surface area contributed by atoms with Gasteiger partial charge in [0.25, 0.3) is 0 Å². The van der Waals surface area contributed by atoms with Crippen LogP contribution >= 0.6 is 0 Å². The molecule has 0 bridgehead atoms. The summed E-state index contributed by atoms with van der Waals surface area (Å²) in [5.74, 6) is -0.147. The summed E-state index contributed by atoms with van der Waals surface area (Å²) in [7, 11) is 0. The van der Waals surface area contributed by atoms with E-state index in [0.29, 0.717) is 16.9 Å². The highest BCUT2D eigenvalue weighted by Crippen LogP contribution is 2.21. The average molecular weight is 265 g/mol. The Balaban J connectivity index is 2.21. The lowest BCUT2D eigenvalue weighted by Gasteiger charge is -2.07. The molecule has 0 aromatic heterocycles. The van der Waals surface area contributed by atoms with E-state index in [1.807, 2.05) is 12.1 Å². The number of hydrogen-bond acceptors (Lipinski definition) is 3. The van der Waals surface area contributed by atoms with E-state index in [2.05, 4.69) is 13.0 Å². The predicted octanol–water partition coefficient (Wildman–Crippen LogP) is 3.73. The van der Waals surface area contributed by atoms with Crippen molar-refractivity contribution in [3.8, 4) is 11.8 Å². The van der Waals surface area contributed by atoms with Crippen molar-refractivity contribution >= 4 is 5.97 Å². The van der Waals surface area contributed by atoms with Crippen LogP contribution in [0.5, 0.6) is 5.75 Å². The van der Waals surface area contributed by atoms with Gasteiger partial charge in [-0.3, -0.25) is 0 Å². The standard InChI is InChI=1S/C17H15NO2/c1-2-6-13-9-10-16(15(11-13)12-18)20-17(19)14-7-4-3-5-8-14/h3-5,7-11H,2,6H2,1H3. The Morgan fingerprint density at radius 2 is 1.95 bits per heavy atom. The zero-order valence-corrected chi connectivity index (χ0v) is 11.3. The summed E-state index contributed by atoms with van der Waals surface area (Å²) in [5.41, 5.74) is 1.93. The first-order valence-electron chi connectivity index (χ1n) is 6.55. The normalized spacial score (nSPS) is 9.80. The molecule has 2 rings (SSSR count). The van der Waals surface area contributed by atoms with Gasteiger partial charge in [-0.15, -0.1) is 0 Å². The van der Waals surface area contributed by atoms with Crippen LogP contribution in [0.15, 0.2) is 48.5 Å². The average Bonchev–Trinajstić information content (AvgIpc) is 2.50. The van der Waals surface area contributed by atoms with Gasteiger partial charge in [0.1, 0.15) is 11.8 Å². The molecule has 3 heteroatoms. The van der Waals surface area contributed by atoms with Crippen LogP contribution in [-0.2, 0) is 6.42 Å². The molecule has 0 spiro atoms. The molecule has 100 valence electrons. The van der Waals surface area contributed by atoms with Gasteiger partial charge >= 0.3 is 5.97 Å². The molecular formula is C17H15NO2. The van der Waals surface area contributed by atoms with E-state index in [1.165, 1.54) is 0 Å². The number of rotatable bonds is 4. The molecular weight excluding hydrogens is 250 g/mol. The second-order valence-electron chi connectivity index (χ2n) is 4.45. The lowest BCUT2D eigenvalue weighted by Crippen LogP contribution is -2.09. The van der Waals surface area contributed by atoms with Crippen LogP contribution in [0.2, 0.25) is 0 Å². The van der Waals surface area contributed by atoms with Crippen LogP contribution in [0.25, 0.3) is 0 Å². The molecule has 0 radical (unpaired) electrons. The monoisotopic (exact) mass is 265 g/mol. The van der Waals surface area contributed by atoms with Crippen molar-refractivity contribution in [1.29, 1.82) is 5.26 Å². The van der Waals surface area contributed by atoms with Crippen molar-refractivity contribution in [3.05, 3.63) is 65.2 Å². The van der Waals surface area contributed by atoms with Crippen molar-refractivity contribution in [2.75, 3.05) is 0 Å². The highest BCUT2D eigenvalue weighted by atomic mass is 16.5. The number of aryl methyl sites for hydroxylation is 1. The highest BCUT2D eigenvalue weighted by molar-refractivity contribution is 5.91. The Kier molecular flexibility index (Phi) is 4.52. The number of esters is 1. The second-order valence-corrected chi connectivity index (χ2v) is 4.45. The lowest BCUT2D eigenvalue weighted by atomic mass is 10.1. The Labute approximate surface area is 118 Å². The Hall–Kier alpha value is -2.60. The molecule has 0 unspecified atom stereocenters. The Bertz CT molecular complexity index is 642. The number of benzene rings is 2. The number of hydrogen-bond donors (Lipinski definition) is 0. The van der Waals surface area contributed by atoms with Gasteiger partial charge in [0.2, 0.25) is 0 Å². The van der Waals surface area contributed by atoms with E-state index in [9.17, 15) is 4.79 Å². The largest absolute Gasteiger partial charge is 0.422 e. The highest BCUT2D eigenvalue weighted by Gasteiger charge is 2.11. The third-order valence-electron chi connectivity index (χ3n) is 2.92. The summed E-state index contributed by atoms with van der Waals surface area (Å²) in [6, 6.07) is 16.2. The van der Waals surface area contributed by atoms with Gasteiger partial charge in [-0.2, -0.15) is 5.26 Å². The van der Waals surface area contributed by atoms with E-state index in [1.54, 1.807) is 36.4 Å². The fourth-order valence-corrected chi connectivity index (χ4v) is 1.93. The molecule has 0 aliphatic heterocycles. The van der Waals surface area contributed by atoms with Crippen molar-refractivity contribution in [3.63, 3.8) is 0 Å². The van der Waals surface area contributed by atoms with E-state index < -0.39 is 5.97 Å². The van der Waals surface area contributed by atoms with E-state index in [0.717, 1.165) is 18.4 Å². The first-order valence-corrected chi connectivity index (χ1v) is 6.55. The summed E-state index contributed by atoms with van der Waals surface area (Å²) < 4.78 is 5.29. The number of carbonyl (C=O) groups excluding carboxylic acids is 1. The summed E-state index contributed by atoms with van der Waals surface area (Å²) in [4.78, 5) is 12.0. The molecule has 0 N–H and O–H groups in total. The van der Waals surface area contributed by atoms with Crippen LogP contribution in [0.1, 0.15) is 34.8 Å². The van der Waals surface area contributed by atoms with Gasteiger partial charge in [-0.25, -0.2) is 4.79 Å². The molecule has 20 heavy (non-hydrogen) atoms. The first-order chi connectivity index (χ1) is 9.74. The van der Waals surface area contributed by atoms with Crippen LogP contribution in [0.3, 0.4) is 0 Å². The maximum atomic E-state index is 12.0. The predicted molar refractivity (Wildman–Crippen MR) is 76.6 cm³/mol. The van der Waals surface area contributed by atoms with E-state index in [-0.39, 0.29) is 0 Å². The molecule has 0 amide bonds. The number of carbonyl (C=O) groups is 1. The minimum Gasteiger partial charge on any atom is -0.422 e. The van der Waals surface area contributed by atoms with Gasteiger partial charge in [-0.05, 0) is 36.2 Å². The molecule has 0 heterocycles. The molecule has 0 fully saturated rings. The molecule has 2 aromatic rings. The summed E-state index contributed by atoms with van der Waals surface area (Å²) in [6.45, 7) is 2.08. The number of nitriles is 1. The van der Waals surface area contributed by atoms with Crippen LogP contribution in [0.4, 0.5) is 0 Å². The Morgan fingerprint density at radius 1 is 1.20 bits per heavy atom. The lowest BCUT2D eigenvalue weighted by molar-refractivity contribution is 0.0734. The van der Waals surface area contributed by atoms with E-state index >= 15 is 0 Å². The van der Waals surface area contributed by atoms with Crippen molar-refractivity contribution in [1.82, 2.24) is 0 Å². The van der Waals surface area contributed by atoms with Crippen LogP contribution in [0, 0.1) is 11.3 Å². The van der Waals surface area contributed by atoms with Gasteiger partial charge in [0.05, 0.1) is 11.1 Å². The summed E-state index contributed by atoms with van der Waals surface area (Å²) in [5, 5.41) is 9.15. The van der Waals surface area contributed by atoms with Gasteiger partial charge in [0.15, 0.2) is 0 Å². The maximum Gasteiger partial charge on any atom is 0.343 e. The van der Waals surface area contributed by atoms with Gasteiger partial charge in [-0.1, -0.05) is 37.6 Å². The molecule has 0 aliphatic carbocycles. The van der Waals surface area contributed by atoms with Crippen molar-refractivity contribution in [2.45, 2.75) is 19.8 Å². The van der Waals surface area contributed by atoms with Crippen LogP contribution in [-0.4, -0.2) is 5.97 Å². The molecule has 3 nitrogen and oxygen atoms in total. The topological polar surface area (TPSA) is 50.1 Å². The minimum atomic E-state index is -0.453. The quantitative estimate of drug-likeness (QED) is 0.625. The number of nitrogens with zero attached hydrogens (tertiary/aromatic N) is 1. The molecule has 0 atom stereocenters. The smallest absolute Gasteiger partial charge is 0.343 e. The molecule has 0 aliphatic rings.